The van der Waals surface area contributed by atoms with Gasteiger partial charge in [0, 0.05) is 45.2 Å². The van der Waals surface area contributed by atoms with Crippen molar-refractivity contribution in [2.24, 2.45) is 11.8 Å². The summed E-state index contributed by atoms with van der Waals surface area (Å²) in [5.41, 5.74) is 1.23. The van der Waals surface area contributed by atoms with Gasteiger partial charge in [0.15, 0.2) is 0 Å². The molecule has 0 bridgehead atoms. The van der Waals surface area contributed by atoms with Crippen LogP contribution in [0.25, 0.3) is 0 Å². The van der Waals surface area contributed by atoms with E-state index in [0.29, 0.717) is 5.92 Å². The van der Waals surface area contributed by atoms with Crippen LogP contribution in [-0.4, -0.2) is 50.1 Å². The van der Waals surface area contributed by atoms with Crippen LogP contribution in [0.5, 0.6) is 0 Å². The second-order valence-corrected chi connectivity index (χ2v) is 6.42. The molecule has 1 aromatic rings. The number of carbonyl (C=O) groups excluding carboxylic acids is 1. The molecule has 0 radical (unpaired) electrons. The van der Waals surface area contributed by atoms with Gasteiger partial charge in [0.1, 0.15) is 0 Å². The molecule has 2 rings (SSSR count). The summed E-state index contributed by atoms with van der Waals surface area (Å²) in [5, 5.41) is 6.48. The van der Waals surface area contributed by atoms with Crippen molar-refractivity contribution < 1.29 is 4.79 Å². The van der Waals surface area contributed by atoms with Crippen molar-refractivity contribution in [3.63, 3.8) is 0 Å². The zero-order chi connectivity index (χ0) is 15.8. The van der Waals surface area contributed by atoms with E-state index in [9.17, 15) is 4.79 Å². The monoisotopic (exact) mass is 303 g/mol. The van der Waals surface area contributed by atoms with Gasteiger partial charge in [-0.3, -0.25) is 9.69 Å². The lowest BCUT2D eigenvalue weighted by Crippen LogP contribution is -2.47. The number of nitrogens with one attached hydrogen (secondary N) is 2. The highest BCUT2D eigenvalue weighted by molar-refractivity contribution is 5.79. The molecule has 1 atom stereocenters. The average Bonchev–Trinajstić information content (AvgIpc) is 2.54. The molecular weight excluding hydrogens is 274 g/mol. The van der Waals surface area contributed by atoms with Crippen molar-refractivity contribution in [2.75, 3.05) is 39.3 Å². The molecule has 1 aliphatic heterocycles. The zero-order valence-electron chi connectivity index (χ0n) is 13.8. The molecule has 1 saturated heterocycles. The predicted octanol–water partition coefficient (Wildman–Crippen LogP) is 1.52. The van der Waals surface area contributed by atoms with E-state index in [1.165, 1.54) is 5.56 Å². The Morgan fingerprint density at radius 1 is 1.23 bits per heavy atom. The molecule has 1 aromatic carbocycles. The largest absolute Gasteiger partial charge is 0.355 e. The summed E-state index contributed by atoms with van der Waals surface area (Å²) in [6, 6.07) is 10.3. The zero-order valence-corrected chi connectivity index (χ0v) is 13.8. The first-order chi connectivity index (χ1) is 10.7. The minimum Gasteiger partial charge on any atom is -0.355 e. The van der Waals surface area contributed by atoms with Crippen LogP contribution in [-0.2, 0) is 11.2 Å². The first kappa shape index (κ1) is 17.0. The molecule has 1 heterocycles. The van der Waals surface area contributed by atoms with Crippen LogP contribution in [0.15, 0.2) is 30.3 Å². The molecule has 4 nitrogen and oxygen atoms in total. The van der Waals surface area contributed by atoms with Gasteiger partial charge in [-0.25, -0.2) is 0 Å². The minimum atomic E-state index is 0.0467. The highest BCUT2D eigenvalue weighted by Gasteiger charge is 2.22. The molecule has 122 valence electrons. The standard InChI is InChI=1S/C18H29N3O/c1-15(2)17(14-16-6-4-3-5-7-16)18(22)20-10-13-21-11-8-19-9-12-21/h3-7,15,17,19H,8-14H2,1-2H3,(H,20,22). The number of amides is 1. The molecule has 0 aliphatic carbocycles. The van der Waals surface area contributed by atoms with Crippen molar-refractivity contribution in [3.8, 4) is 0 Å². The lowest BCUT2D eigenvalue weighted by molar-refractivity contribution is -0.126. The topological polar surface area (TPSA) is 44.4 Å². The predicted molar refractivity (Wildman–Crippen MR) is 90.8 cm³/mol. The van der Waals surface area contributed by atoms with Gasteiger partial charge in [-0.05, 0) is 17.9 Å². The van der Waals surface area contributed by atoms with Crippen molar-refractivity contribution in [2.45, 2.75) is 20.3 Å². The van der Waals surface area contributed by atoms with E-state index in [4.69, 9.17) is 0 Å². The second-order valence-electron chi connectivity index (χ2n) is 6.42. The van der Waals surface area contributed by atoms with Gasteiger partial charge < -0.3 is 10.6 Å². The SMILES string of the molecule is CC(C)C(Cc1ccccc1)C(=O)NCCN1CCNCC1. The quantitative estimate of drug-likeness (QED) is 0.803. The molecule has 1 aliphatic rings. The van der Waals surface area contributed by atoms with Gasteiger partial charge in [0.25, 0.3) is 0 Å². The van der Waals surface area contributed by atoms with Crippen LogP contribution in [0, 0.1) is 11.8 Å². The molecule has 1 unspecified atom stereocenters. The summed E-state index contributed by atoms with van der Waals surface area (Å²) in [6.45, 7) is 10.2. The number of piperazine rings is 1. The van der Waals surface area contributed by atoms with E-state index in [-0.39, 0.29) is 11.8 Å². The van der Waals surface area contributed by atoms with Crippen LogP contribution in [0.4, 0.5) is 0 Å². The van der Waals surface area contributed by atoms with Crippen LogP contribution >= 0.6 is 0 Å². The number of hydrogen-bond donors (Lipinski definition) is 2. The van der Waals surface area contributed by atoms with Gasteiger partial charge in [0.2, 0.25) is 5.91 Å². The Morgan fingerprint density at radius 2 is 1.91 bits per heavy atom. The fourth-order valence-electron chi connectivity index (χ4n) is 2.90. The van der Waals surface area contributed by atoms with Crippen LogP contribution in [0.2, 0.25) is 0 Å². The molecule has 0 saturated carbocycles. The third kappa shape index (κ3) is 5.43. The Hall–Kier alpha value is -1.39. The lowest BCUT2D eigenvalue weighted by Gasteiger charge is -2.27. The van der Waals surface area contributed by atoms with E-state index >= 15 is 0 Å². The minimum absolute atomic E-state index is 0.0467. The number of benzene rings is 1. The average molecular weight is 303 g/mol. The summed E-state index contributed by atoms with van der Waals surface area (Å²) in [7, 11) is 0. The maximum absolute atomic E-state index is 12.5. The van der Waals surface area contributed by atoms with Gasteiger partial charge in [0.05, 0.1) is 0 Å². The van der Waals surface area contributed by atoms with E-state index in [0.717, 1.165) is 45.7 Å². The Balaban J connectivity index is 1.79. The molecule has 2 N–H and O–H groups in total. The van der Waals surface area contributed by atoms with Gasteiger partial charge in [-0.2, -0.15) is 0 Å². The summed E-state index contributed by atoms with van der Waals surface area (Å²) in [6.07, 6.45) is 0.817. The number of hydrogen-bond acceptors (Lipinski definition) is 3. The third-order valence-electron chi connectivity index (χ3n) is 4.38. The van der Waals surface area contributed by atoms with Crippen LogP contribution in [0.3, 0.4) is 0 Å². The molecular formula is C18H29N3O. The van der Waals surface area contributed by atoms with Crippen LogP contribution in [0.1, 0.15) is 19.4 Å². The van der Waals surface area contributed by atoms with E-state index in [1.54, 1.807) is 0 Å². The van der Waals surface area contributed by atoms with E-state index < -0.39 is 0 Å². The molecule has 1 amide bonds. The maximum Gasteiger partial charge on any atom is 0.223 e. The van der Waals surface area contributed by atoms with E-state index in [1.807, 2.05) is 18.2 Å². The number of nitrogens with zero attached hydrogens (tertiary/aromatic N) is 1. The summed E-state index contributed by atoms with van der Waals surface area (Å²) >= 11 is 0. The van der Waals surface area contributed by atoms with Gasteiger partial charge in [-0.15, -0.1) is 0 Å². The first-order valence-electron chi connectivity index (χ1n) is 8.41. The molecule has 1 fully saturated rings. The second kappa shape index (κ2) is 8.91. The molecule has 22 heavy (non-hydrogen) atoms. The highest BCUT2D eigenvalue weighted by Crippen LogP contribution is 2.17. The number of rotatable bonds is 7. The molecule has 4 heteroatoms. The Bertz CT molecular complexity index is 441. The normalized spacial score (nSPS) is 17.4. The first-order valence-corrected chi connectivity index (χ1v) is 8.41. The third-order valence-corrected chi connectivity index (χ3v) is 4.38. The van der Waals surface area contributed by atoms with Crippen molar-refractivity contribution in [1.29, 1.82) is 0 Å². The Kier molecular flexibility index (Phi) is 6.87. The molecule has 0 spiro atoms. The lowest BCUT2D eigenvalue weighted by atomic mass is 9.88. The van der Waals surface area contributed by atoms with Crippen molar-refractivity contribution in [3.05, 3.63) is 35.9 Å². The maximum atomic E-state index is 12.5. The van der Waals surface area contributed by atoms with Crippen molar-refractivity contribution in [1.82, 2.24) is 15.5 Å². The summed E-state index contributed by atoms with van der Waals surface area (Å²) in [5.74, 6) is 0.582. The Labute approximate surface area is 134 Å². The summed E-state index contributed by atoms with van der Waals surface area (Å²) in [4.78, 5) is 14.9. The van der Waals surface area contributed by atoms with E-state index in [2.05, 4.69) is 41.5 Å². The fourth-order valence-corrected chi connectivity index (χ4v) is 2.90. The summed E-state index contributed by atoms with van der Waals surface area (Å²) < 4.78 is 0. The van der Waals surface area contributed by atoms with Gasteiger partial charge >= 0.3 is 0 Å². The van der Waals surface area contributed by atoms with Crippen LogP contribution < -0.4 is 10.6 Å². The fraction of sp³-hybridized carbons (Fsp3) is 0.611. The smallest absolute Gasteiger partial charge is 0.223 e. The van der Waals surface area contributed by atoms with Crippen molar-refractivity contribution >= 4 is 5.91 Å². The van der Waals surface area contributed by atoms with Gasteiger partial charge in [-0.1, -0.05) is 44.2 Å². The number of carbonyl (C=O) groups is 1. The molecule has 0 aromatic heterocycles. The Morgan fingerprint density at radius 3 is 2.55 bits per heavy atom. The highest BCUT2D eigenvalue weighted by atomic mass is 16.1.